The summed E-state index contributed by atoms with van der Waals surface area (Å²) in [7, 11) is 1.95. The Morgan fingerprint density at radius 2 is 2.07 bits per heavy atom. The molecule has 0 aliphatic carbocycles. The van der Waals surface area contributed by atoms with Gasteiger partial charge in [0.15, 0.2) is 17.5 Å². The van der Waals surface area contributed by atoms with Gasteiger partial charge in [0, 0.05) is 25.6 Å². The number of rotatable bonds is 11. The zero-order chi connectivity index (χ0) is 20.4. The van der Waals surface area contributed by atoms with Gasteiger partial charge in [0.25, 0.3) is 0 Å². The molecule has 0 aromatic carbocycles. The molecular weight excluding hydrogens is 374 g/mol. The maximum atomic E-state index is 5.50. The van der Waals surface area contributed by atoms with E-state index in [4.69, 9.17) is 4.52 Å². The van der Waals surface area contributed by atoms with E-state index in [1.54, 1.807) is 0 Å². The van der Waals surface area contributed by atoms with Gasteiger partial charge in [-0.3, -0.25) is 0 Å². The molecule has 2 heterocycles. The molecule has 2 aromatic rings. The highest BCUT2D eigenvalue weighted by atomic mass is 32.2. The third-order valence-electron chi connectivity index (χ3n) is 4.79. The Balaban J connectivity index is 1.98. The monoisotopic (exact) mass is 407 g/mol. The van der Waals surface area contributed by atoms with Crippen molar-refractivity contribution in [3.05, 3.63) is 29.2 Å². The predicted molar refractivity (Wildman–Crippen MR) is 115 cm³/mol. The first-order valence-corrected chi connectivity index (χ1v) is 11.3. The van der Waals surface area contributed by atoms with Crippen LogP contribution in [0.5, 0.6) is 0 Å². The number of aliphatic imine (C=N–C) groups is 1. The zero-order valence-corrected chi connectivity index (χ0v) is 18.5. The molecule has 8 nitrogen and oxygen atoms in total. The Kier molecular flexibility index (Phi) is 9.33. The third-order valence-corrected chi connectivity index (χ3v) is 5.49. The average molecular weight is 408 g/mol. The van der Waals surface area contributed by atoms with E-state index in [2.05, 4.69) is 51.1 Å². The first kappa shape index (κ1) is 22.3. The molecule has 0 saturated heterocycles. The normalized spacial score (nSPS) is 12.0. The molecular formula is C19H33N7OS. The molecule has 0 fully saturated rings. The summed E-state index contributed by atoms with van der Waals surface area (Å²) in [6.07, 6.45) is 5.32. The van der Waals surface area contributed by atoms with Crippen LogP contribution >= 0.6 is 11.8 Å². The third kappa shape index (κ3) is 6.54. The number of hydrogen-bond acceptors (Lipinski definition) is 6. The highest BCUT2D eigenvalue weighted by Crippen LogP contribution is 2.22. The second-order valence-electron chi connectivity index (χ2n) is 6.75. The summed E-state index contributed by atoms with van der Waals surface area (Å²) in [5.74, 6) is 4.83. The molecule has 0 aliphatic rings. The summed E-state index contributed by atoms with van der Waals surface area (Å²) in [4.78, 5) is 4.66. The molecule has 2 aromatic heterocycles. The van der Waals surface area contributed by atoms with Crippen LogP contribution in [0.3, 0.4) is 0 Å². The molecule has 28 heavy (non-hydrogen) atoms. The van der Waals surface area contributed by atoms with Crippen molar-refractivity contribution in [1.82, 2.24) is 30.6 Å². The van der Waals surface area contributed by atoms with E-state index in [-0.39, 0.29) is 0 Å². The molecule has 0 aliphatic heterocycles. The van der Waals surface area contributed by atoms with Gasteiger partial charge < -0.3 is 19.7 Å². The number of nitrogens with zero attached hydrogens (tertiary/aromatic N) is 5. The number of aromatic nitrogens is 4. The minimum atomic E-state index is 0.453. The second-order valence-corrected chi connectivity index (χ2v) is 7.73. The average Bonchev–Trinajstić information content (AvgIpc) is 3.29. The Hall–Kier alpha value is -2.03. The topological polar surface area (TPSA) is 93.2 Å². The first-order valence-electron chi connectivity index (χ1n) is 9.90. The standard InChI is InChI=1S/C19H33N7OS/c1-6-15(7-2)17-11-16(27-25-17)12-21-19(20-9-8-10-28-5)22-13-18-24-23-14(3)26(18)4/h11,15H,6-10,12-13H2,1-5H3,(H2,20,21,22). The van der Waals surface area contributed by atoms with Gasteiger partial charge >= 0.3 is 0 Å². The maximum absolute atomic E-state index is 5.50. The molecule has 9 heteroatoms. The summed E-state index contributed by atoms with van der Waals surface area (Å²) in [5, 5.41) is 19.2. The highest BCUT2D eigenvalue weighted by molar-refractivity contribution is 7.98. The molecule has 0 atom stereocenters. The van der Waals surface area contributed by atoms with Crippen molar-refractivity contribution in [3.63, 3.8) is 0 Å². The van der Waals surface area contributed by atoms with Crippen molar-refractivity contribution in [2.75, 3.05) is 18.6 Å². The van der Waals surface area contributed by atoms with Gasteiger partial charge in [-0.05, 0) is 38.2 Å². The van der Waals surface area contributed by atoms with Crippen molar-refractivity contribution in [2.45, 2.75) is 59.0 Å². The number of nitrogens with one attached hydrogen (secondary N) is 2. The lowest BCUT2D eigenvalue weighted by atomic mass is 9.99. The minimum Gasteiger partial charge on any atom is -0.359 e. The molecule has 0 bridgehead atoms. The van der Waals surface area contributed by atoms with Crippen LogP contribution in [0.2, 0.25) is 0 Å². The molecule has 2 rings (SSSR count). The smallest absolute Gasteiger partial charge is 0.192 e. The van der Waals surface area contributed by atoms with Crippen LogP contribution in [-0.4, -0.2) is 44.4 Å². The van der Waals surface area contributed by atoms with Gasteiger partial charge in [0.2, 0.25) is 0 Å². The maximum Gasteiger partial charge on any atom is 0.192 e. The molecule has 0 amide bonds. The SMILES string of the molecule is CCC(CC)c1cc(CNC(=NCc2nnc(C)n2C)NCCCSC)on1. The zero-order valence-electron chi connectivity index (χ0n) is 17.7. The lowest BCUT2D eigenvalue weighted by Crippen LogP contribution is -2.37. The molecule has 0 saturated carbocycles. The van der Waals surface area contributed by atoms with Gasteiger partial charge in [-0.25, -0.2) is 4.99 Å². The van der Waals surface area contributed by atoms with Gasteiger partial charge in [-0.2, -0.15) is 11.8 Å². The summed E-state index contributed by atoms with van der Waals surface area (Å²) in [6.45, 7) is 8.15. The van der Waals surface area contributed by atoms with Crippen LogP contribution in [-0.2, 0) is 20.1 Å². The Labute approximate surface area is 172 Å². The van der Waals surface area contributed by atoms with Crippen LogP contribution in [0.1, 0.15) is 62.1 Å². The summed E-state index contributed by atoms with van der Waals surface area (Å²) < 4.78 is 7.45. The van der Waals surface area contributed by atoms with Crippen molar-refractivity contribution < 1.29 is 4.52 Å². The van der Waals surface area contributed by atoms with Crippen LogP contribution < -0.4 is 10.6 Å². The fraction of sp³-hybridized carbons (Fsp3) is 0.684. The molecule has 0 unspecified atom stereocenters. The Morgan fingerprint density at radius 3 is 2.71 bits per heavy atom. The van der Waals surface area contributed by atoms with Gasteiger partial charge in [-0.15, -0.1) is 10.2 Å². The highest BCUT2D eigenvalue weighted by Gasteiger charge is 2.13. The van der Waals surface area contributed by atoms with Crippen molar-refractivity contribution in [1.29, 1.82) is 0 Å². The number of thioether (sulfide) groups is 1. The predicted octanol–water partition coefficient (Wildman–Crippen LogP) is 3.00. The summed E-state index contributed by atoms with van der Waals surface area (Å²) >= 11 is 1.84. The van der Waals surface area contributed by atoms with Crippen LogP contribution in [0.15, 0.2) is 15.6 Å². The van der Waals surface area contributed by atoms with Crippen molar-refractivity contribution >= 4 is 17.7 Å². The molecule has 0 spiro atoms. The fourth-order valence-corrected chi connectivity index (χ4v) is 3.25. The molecule has 0 radical (unpaired) electrons. The Morgan fingerprint density at radius 1 is 1.29 bits per heavy atom. The van der Waals surface area contributed by atoms with E-state index < -0.39 is 0 Å². The van der Waals surface area contributed by atoms with E-state index >= 15 is 0 Å². The van der Waals surface area contributed by atoms with Crippen molar-refractivity contribution in [3.8, 4) is 0 Å². The van der Waals surface area contributed by atoms with E-state index in [0.717, 1.165) is 60.6 Å². The van der Waals surface area contributed by atoms with Crippen molar-refractivity contribution in [2.24, 2.45) is 12.0 Å². The van der Waals surface area contributed by atoms with Gasteiger partial charge in [-0.1, -0.05) is 19.0 Å². The Bertz CT molecular complexity index is 736. The number of hydrogen-bond donors (Lipinski definition) is 2. The van der Waals surface area contributed by atoms with E-state index in [9.17, 15) is 0 Å². The lowest BCUT2D eigenvalue weighted by Gasteiger charge is -2.11. The van der Waals surface area contributed by atoms with Gasteiger partial charge in [0.05, 0.1) is 12.2 Å². The minimum absolute atomic E-state index is 0.453. The van der Waals surface area contributed by atoms with Crippen LogP contribution in [0, 0.1) is 6.92 Å². The van der Waals surface area contributed by atoms with Gasteiger partial charge in [0.1, 0.15) is 12.4 Å². The van der Waals surface area contributed by atoms with E-state index in [0.29, 0.717) is 19.0 Å². The quantitative estimate of drug-likeness (QED) is 0.336. The lowest BCUT2D eigenvalue weighted by molar-refractivity contribution is 0.368. The van der Waals surface area contributed by atoms with E-state index in [1.807, 2.05) is 36.4 Å². The van der Waals surface area contributed by atoms with E-state index in [1.165, 1.54) is 0 Å². The fourth-order valence-electron chi connectivity index (χ4n) is 2.82. The molecule has 156 valence electrons. The molecule has 2 N–H and O–H groups in total. The summed E-state index contributed by atoms with van der Waals surface area (Å²) in [5.41, 5.74) is 1.03. The number of aryl methyl sites for hydroxylation is 1. The van der Waals surface area contributed by atoms with Crippen LogP contribution in [0.4, 0.5) is 0 Å². The number of guanidine groups is 1. The first-order chi connectivity index (χ1) is 13.6. The summed E-state index contributed by atoms with van der Waals surface area (Å²) in [6, 6.07) is 2.04. The van der Waals surface area contributed by atoms with Crippen LogP contribution in [0.25, 0.3) is 0 Å². The largest absolute Gasteiger partial charge is 0.359 e. The second kappa shape index (κ2) is 11.7.